The fourth-order valence-electron chi connectivity index (χ4n) is 1.05. The van der Waals surface area contributed by atoms with E-state index >= 15 is 0 Å². The van der Waals surface area contributed by atoms with Gasteiger partial charge in [0.2, 0.25) is 5.91 Å². The molecule has 0 aliphatic heterocycles. The Bertz CT molecular complexity index is 205. The third kappa shape index (κ3) is 3.90. The number of amides is 1. The van der Waals surface area contributed by atoms with Crippen LogP contribution in [0.25, 0.3) is 0 Å². The Kier molecular flexibility index (Phi) is 5.09. The molecular formula is C9H17N3O. The Morgan fingerprint density at radius 1 is 1.54 bits per heavy atom. The van der Waals surface area contributed by atoms with E-state index in [1.807, 2.05) is 19.9 Å². The lowest BCUT2D eigenvalue weighted by molar-refractivity contribution is -0.133. The smallest absolute Gasteiger partial charge is 0.239 e. The highest BCUT2D eigenvalue weighted by Crippen LogP contribution is 2.01. The number of carbonyl (C=O) groups is 1. The van der Waals surface area contributed by atoms with E-state index in [2.05, 4.69) is 0 Å². The van der Waals surface area contributed by atoms with Crippen LogP contribution in [-0.4, -0.2) is 29.4 Å². The molecule has 0 aliphatic carbocycles. The molecule has 2 N–H and O–H groups in total. The molecule has 13 heavy (non-hydrogen) atoms. The van der Waals surface area contributed by atoms with Crippen LogP contribution in [0, 0.1) is 11.3 Å². The number of rotatable bonds is 4. The summed E-state index contributed by atoms with van der Waals surface area (Å²) < 4.78 is 0. The molecule has 1 atom stereocenters. The van der Waals surface area contributed by atoms with E-state index in [9.17, 15) is 4.79 Å². The van der Waals surface area contributed by atoms with Gasteiger partial charge in [-0.3, -0.25) is 4.79 Å². The quantitative estimate of drug-likeness (QED) is 0.689. The molecule has 0 aromatic carbocycles. The average Bonchev–Trinajstić information content (AvgIpc) is 2.04. The van der Waals surface area contributed by atoms with Gasteiger partial charge in [-0.05, 0) is 20.8 Å². The highest BCUT2D eigenvalue weighted by molar-refractivity contribution is 5.81. The van der Waals surface area contributed by atoms with Crippen LogP contribution in [0.4, 0.5) is 0 Å². The lowest BCUT2D eigenvalue weighted by Gasteiger charge is -2.27. The Labute approximate surface area is 79.3 Å². The van der Waals surface area contributed by atoms with Crippen LogP contribution in [0.5, 0.6) is 0 Å². The molecule has 0 saturated carbocycles. The average molecular weight is 183 g/mol. The number of hydrogen-bond donors (Lipinski definition) is 1. The summed E-state index contributed by atoms with van der Waals surface area (Å²) in [5.74, 6) is -0.0924. The van der Waals surface area contributed by atoms with Crippen molar-refractivity contribution in [1.82, 2.24) is 4.90 Å². The van der Waals surface area contributed by atoms with Crippen LogP contribution in [0.2, 0.25) is 0 Å². The van der Waals surface area contributed by atoms with Gasteiger partial charge in [-0.25, -0.2) is 0 Å². The third-order valence-electron chi connectivity index (χ3n) is 1.76. The van der Waals surface area contributed by atoms with Crippen molar-refractivity contribution in [3.63, 3.8) is 0 Å². The Hall–Kier alpha value is -1.08. The number of nitriles is 1. The normalized spacial score (nSPS) is 12.3. The maximum Gasteiger partial charge on any atom is 0.239 e. The molecule has 0 bridgehead atoms. The molecule has 4 nitrogen and oxygen atoms in total. The first kappa shape index (κ1) is 11.9. The molecule has 0 aliphatic rings. The van der Waals surface area contributed by atoms with Gasteiger partial charge in [-0.1, -0.05) is 0 Å². The standard InChI is InChI=1S/C9H17N3O/c1-7(2)12(6-4-5-10)9(13)8(3)11/h7-8H,4,6,11H2,1-3H3/t8-/m0/s1. The predicted molar refractivity (Wildman–Crippen MR) is 50.7 cm³/mol. The third-order valence-corrected chi connectivity index (χ3v) is 1.76. The van der Waals surface area contributed by atoms with Crippen molar-refractivity contribution in [2.75, 3.05) is 6.54 Å². The van der Waals surface area contributed by atoms with Crippen molar-refractivity contribution in [2.24, 2.45) is 5.73 Å². The minimum atomic E-state index is -0.485. The molecule has 0 heterocycles. The van der Waals surface area contributed by atoms with E-state index in [1.54, 1.807) is 11.8 Å². The summed E-state index contributed by atoms with van der Waals surface area (Å²) in [6.07, 6.45) is 0.358. The van der Waals surface area contributed by atoms with Gasteiger partial charge in [-0.15, -0.1) is 0 Å². The van der Waals surface area contributed by atoms with E-state index in [0.29, 0.717) is 13.0 Å². The van der Waals surface area contributed by atoms with E-state index in [4.69, 9.17) is 11.0 Å². The van der Waals surface area contributed by atoms with Gasteiger partial charge in [0, 0.05) is 12.6 Å². The summed E-state index contributed by atoms with van der Waals surface area (Å²) in [4.78, 5) is 13.1. The fourth-order valence-corrected chi connectivity index (χ4v) is 1.05. The topological polar surface area (TPSA) is 70.1 Å². The second-order valence-electron chi connectivity index (χ2n) is 3.32. The van der Waals surface area contributed by atoms with E-state index < -0.39 is 6.04 Å². The number of hydrogen-bond acceptors (Lipinski definition) is 3. The van der Waals surface area contributed by atoms with Crippen molar-refractivity contribution < 1.29 is 4.79 Å². The van der Waals surface area contributed by atoms with Crippen molar-refractivity contribution in [3.05, 3.63) is 0 Å². The summed E-state index contributed by atoms with van der Waals surface area (Å²) in [7, 11) is 0. The molecule has 0 unspecified atom stereocenters. The first-order valence-corrected chi connectivity index (χ1v) is 4.43. The molecule has 4 heteroatoms. The Morgan fingerprint density at radius 2 is 2.08 bits per heavy atom. The summed E-state index contributed by atoms with van der Waals surface area (Å²) in [5, 5.41) is 8.40. The van der Waals surface area contributed by atoms with E-state index in [0.717, 1.165) is 0 Å². The van der Waals surface area contributed by atoms with Crippen LogP contribution in [0.3, 0.4) is 0 Å². The number of carbonyl (C=O) groups excluding carboxylic acids is 1. The summed E-state index contributed by atoms with van der Waals surface area (Å²) in [5.41, 5.74) is 5.47. The van der Waals surface area contributed by atoms with Gasteiger partial charge in [0.15, 0.2) is 0 Å². The first-order chi connectivity index (χ1) is 6.00. The van der Waals surface area contributed by atoms with Crippen molar-refractivity contribution in [1.29, 1.82) is 5.26 Å². The lowest BCUT2D eigenvalue weighted by Crippen LogP contribution is -2.45. The SMILES string of the molecule is CC(C)N(CCC#N)C(=O)[C@H](C)N. The molecule has 0 rings (SSSR count). The fraction of sp³-hybridized carbons (Fsp3) is 0.778. The minimum Gasteiger partial charge on any atom is -0.338 e. The van der Waals surface area contributed by atoms with Crippen LogP contribution in [0.15, 0.2) is 0 Å². The molecule has 0 aromatic rings. The first-order valence-electron chi connectivity index (χ1n) is 4.43. The molecule has 0 aromatic heterocycles. The lowest BCUT2D eigenvalue weighted by atomic mass is 10.2. The van der Waals surface area contributed by atoms with Crippen LogP contribution in [-0.2, 0) is 4.79 Å². The van der Waals surface area contributed by atoms with Gasteiger partial charge < -0.3 is 10.6 Å². The zero-order valence-electron chi connectivity index (χ0n) is 8.45. The predicted octanol–water partition coefficient (Wildman–Crippen LogP) is 0.484. The second kappa shape index (κ2) is 5.55. The zero-order chi connectivity index (χ0) is 10.4. The van der Waals surface area contributed by atoms with Crippen LogP contribution < -0.4 is 5.73 Å². The van der Waals surface area contributed by atoms with Crippen molar-refractivity contribution >= 4 is 5.91 Å². The van der Waals surface area contributed by atoms with Gasteiger partial charge in [-0.2, -0.15) is 5.26 Å². The van der Waals surface area contributed by atoms with Crippen LogP contribution in [0.1, 0.15) is 27.2 Å². The zero-order valence-corrected chi connectivity index (χ0v) is 8.45. The summed E-state index contributed by atoms with van der Waals surface area (Å²) in [6, 6.07) is 1.63. The molecule has 74 valence electrons. The largest absolute Gasteiger partial charge is 0.338 e. The number of nitrogens with zero attached hydrogens (tertiary/aromatic N) is 2. The highest BCUT2D eigenvalue weighted by atomic mass is 16.2. The van der Waals surface area contributed by atoms with Gasteiger partial charge >= 0.3 is 0 Å². The minimum absolute atomic E-state index is 0.0924. The van der Waals surface area contributed by atoms with Gasteiger partial charge in [0.05, 0.1) is 18.5 Å². The molecule has 0 spiro atoms. The van der Waals surface area contributed by atoms with Gasteiger partial charge in [0.25, 0.3) is 0 Å². The molecule has 0 fully saturated rings. The Balaban J connectivity index is 4.26. The summed E-state index contributed by atoms with van der Waals surface area (Å²) in [6.45, 7) is 5.95. The monoisotopic (exact) mass is 183 g/mol. The highest BCUT2D eigenvalue weighted by Gasteiger charge is 2.19. The van der Waals surface area contributed by atoms with E-state index in [1.165, 1.54) is 0 Å². The Morgan fingerprint density at radius 3 is 2.38 bits per heavy atom. The summed E-state index contributed by atoms with van der Waals surface area (Å²) >= 11 is 0. The second-order valence-corrected chi connectivity index (χ2v) is 3.32. The molecular weight excluding hydrogens is 166 g/mol. The van der Waals surface area contributed by atoms with Gasteiger partial charge in [0.1, 0.15) is 0 Å². The number of nitrogens with two attached hydrogens (primary N) is 1. The maximum absolute atomic E-state index is 11.5. The molecule has 0 saturated heterocycles. The van der Waals surface area contributed by atoms with Crippen molar-refractivity contribution in [3.8, 4) is 6.07 Å². The van der Waals surface area contributed by atoms with Crippen molar-refractivity contribution in [2.45, 2.75) is 39.3 Å². The molecule has 0 radical (unpaired) electrons. The maximum atomic E-state index is 11.5. The van der Waals surface area contributed by atoms with Crippen LogP contribution >= 0.6 is 0 Å². The molecule has 1 amide bonds. The van der Waals surface area contributed by atoms with E-state index in [-0.39, 0.29) is 11.9 Å².